The van der Waals surface area contributed by atoms with E-state index in [1.807, 2.05) is 0 Å². The summed E-state index contributed by atoms with van der Waals surface area (Å²) in [7, 11) is 2.49. The first-order chi connectivity index (χ1) is 7.99. The number of carbonyl (C=O) groups is 1. The number of halogens is 3. The van der Waals surface area contributed by atoms with Gasteiger partial charge in [-0.1, -0.05) is 0 Å². The molecule has 0 aliphatic carbocycles. The van der Waals surface area contributed by atoms with Crippen molar-refractivity contribution in [3.63, 3.8) is 0 Å². The molecular formula is C10H10BrF2NO3. The van der Waals surface area contributed by atoms with Gasteiger partial charge in [-0.15, -0.1) is 0 Å². The van der Waals surface area contributed by atoms with Crippen molar-refractivity contribution in [2.75, 3.05) is 14.2 Å². The van der Waals surface area contributed by atoms with Crippen molar-refractivity contribution < 1.29 is 23.0 Å². The van der Waals surface area contributed by atoms with Gasteiger partial charge in [-0.3, -0.25) is 4.79 Å². The van der Waals surface area contributed by atoms with Crippen LogP contribution >= 0.6 is 15.9 Å². The summed E-state index contributed by atoms with van der Waals surface area (Å²) in [6.45, 7) is 0. The number of alkyl halides is 2. The molecule has 1 aromatic heterocycles. The van der Waals surface area contributed by atoms with Gasteiger partial charge in [-0.25, -0.2) is 13.8 Å². The summed E-state index contributed by atoms with van der Waals surface area (Å²) >= 11 is 3.13. The molecule has 0 radical (unpaired) electrons. The molecule has 94 valence electrons. The van der Waals surface area contributed by atoms with Crippen molar-refractivity contribution in [1.29, 1.82) is 0 Å². The van der Waals surface area contributed by atoms with Gasteiger partial charge in [0.05, 0.1) is 26.3 Å². The lowest BCUT2D eigenvalue weighted by atomic mass is 10.2. The lowest BCUT2D eigenvalue weighted by Gasteiger charge is -2.10. The van der Waals surface area contributed by atoms with Crippen molar-refractivity contribution in [1.82, 2.24) is 4.98 Å². The van der Waals surface area contributed by atoms with E-state index >= 15 is 0 Å². The number of methoxy groups -OCH3 is 2. The van der Waals surface area contributed by atoms with E-state index in [2.05, 4.69) is 25.7 Å². The van der Waals surface area contributed by atoms with Gasteiger partial charge in [0.25, 0.3) is 6.43 Å². The highest BCUT2D eigenvalue weighted by Crippen LogP contribution is 2.31. The first kappa shape index (κ1) is 13.8. The molecule has 0 aromatic carbocycles. The van der Waals surface area contributed by atoms with Crippen LogP contribution in [0.3, 0.4) is 0 Å². The Hall–Kier alpha value is -1.24. The minimum absolute atomic E-state index is 0.0273. The second-order valence-corrected chi connectivity index (χ2v) is 3.91. The molecule has 0 aliphatic heterocycles. The van der Waals surface area contributed by atoms with E-state index in [-0.39, 0.29) is 17.9 Å². The molecule has 0 N–H and O–H groups in total. The number of hydrogen-bond acceptors (Lipinski definition) is 4. The zero-order chi connectivity index (χ0) is 13.0. The summed E-state index contributed by atoms with van der Waals surface area (Å²) in [5, 5.41) is 0. The van der Waals surface area contributed by atoms with Crippen LogP contribution in [0.25, 0.3) is 0 Å². The van der Waals surface area contributed by atoms with Gasteiger partial charge < -0.3 is 9.47 Å². The van der Waals surface area contributed by atoms with Gasteiger partial charge >= 0.3 is 5.97 Å². The average molecular weight is 310 g/mol. The van der Waals surface area contributed by atoms with Crippen molar-refractivity contribution in [2.24, 2.45) is 0 Å². The number of hydrogen-bond donors (Lipinski definition) is 0. The van der Waals surface area contributed by atoms with E-state index in [1.165, 1.54) is 20.3 Å². The summed E-state index contributed by atoms with van der Waals surface area (Å²) in [5.74, 6) is -0.580. The van der Waals surface area contributed by atoms with E-state index in [0.29, 0.717) is 4.47 Å². The van der Waals surface area contributed by atoms with E-state index in [1.54, 1.807) is 0 Å². The average Bonchev–Trinajstić information content (AvgIpc) is 2.30. The Balaban J connectivity index is 3.15. The molecule has 1 aromatic rings. The van der Waals surface area contributed by atoms with Gasteiger partial charge in [0.15, 0.2) is 0 Å². The maximum Gasteiger partial charge on any atom is 0.311 e. The number of aromatic nitrogens is 1. The van der Waals surface area contributed by atoms with Crippen molar-refractivity contribution in [2.45, 2.75) is 12.8 Å². The molecular weight excluding hydrogens is 300 g/mol. The third-order valence-electron chi connectivity index (χ3n) is 2.01. The summed E-state index contributed by atoms with van der Waals surface area (Å²) in [5.41, 5.74) is -0.303. The quantitative estimate of drug-likeness (QED) is 0.802. The fourth-order valence-electron chi connectivity index (χ4n) is 1.18. The number of nitrogens with zero attached hydrogens (tertiary/aromatic N) is 1. The Kier molecular flexibility index (Phi) is 4.80. The van der Waals surface area contributed by atoms with Crippen LogP contribution in [0.4, 0.5) is 8.78 Å². The Labute approximate surface area is 105 Å². The van der Waals surface area contributed by atoms with Gasteiger partial charge in [-0.05, 0) is 22.0 Å². The van der Waals surface area contributed by atoms with Crippen LogP contribution in [0.2, 0.25) is 0 Å². The molecule has 0 amide bonds. The molecule has 0 saturated heterocycles. The molecule has 0 atom stereocenters. The minimum Gasteiger partial charge on any atom is -0.495 e. The second-order valence-electron chi connectivity index (χ2n) is 3.06. The predicted octanol–water partition coefficient (Wildman–Crippen LogP) is 2.51. The highest BCUT2D eigenvalue weighted by molar-refractivity contribution is 9.10. The topological polar surface area (TPSA) is 48.4 Å². The fraction of sp³-hybridized carbons (Fsp3) is 0.400. The molecule has 0 spiro atoms. The van der Waals surface area contributed by atoms with Crippen molar-refractivity contribution in [3.05, 3.63) is 21.9 Å². The Bertz CT molecular complexity index is 426. The van der Waals surface area contributed by atoms with Crippen LogP contribution in [-0.2, 0) is 16.0 Å². The molecule has 1 heterocycles. The standard InChI is InChI=1S/C10H10BrF2NO3/c1-16-7-3-5(11)6(4-8(15)17-2)14-9(7)10(12)13/h3,10H,4H2,1-2H3. The Morgan fingerprint density at radius 2 is 2.18 bits per heavy atom. The normalized spacial score (nSPS) is 10.5. The molecule has 7 heteroatoms. The van der Waals surface area contributed by atoms with E-state index in [4.69, 9.17) is 4.74 Å². The van der Waals surface area contributed by atoms with Crippen molar-refractivity contribution in [3.8, 4) is 5.75 Å². The molecule has 0 bridgehead atoms. The number of rotatable bonds is 4. The summed E-state index contributed by atoms with van der Waals surface area (Å²) < 4.78 is 35.0. The fourth-order valence-corrected chi connectivity index (χ4v) is 1.62. The molecule has 4 nitrogen and oxygen atoms in total. The third-order valence-corrected chi connectivity index (χ3v) is 2.69. The molecule has 1 rings (SSSR count). The first-order valence-electron chi connectivity index (χ1n) is 4.57. The molecule has 17 heavy (non-hydrogen) atoms. The monoisotopic (exact) mass is 309 g/mol. The van der Waals surface area contributed by atoms with Gasteiger partial charge in [0.1, 0.15) is 11.4 Å². The Morgan fingerprint density at radius 1 is 1.53 bits per heavy atom. The lowest BCUT2D eigenvalue weighted by molar-refractivity contribution is -0.139. The second kappa shape index (κ2) is 5.90. The van der Waals surface area contributed by atoms with Crippen LogP contribution < -0.4 is 4.74 Å². The number of esters is 1. The summed E-state index contributed by atoms with van der Waals surface area (Å²) in [4.78, 5) is 14.8. The third kappa shape index (κ3) is 3.36. The molecule has 0 fully saturated rings. The van der Waals surface area contributed by atoms with Crippen molar-refractivity contribution >= 4 is 21.9 Å². The lowest BCUT2D eigenvalue weighted by Crippen LogP contribution is -2.09. The van der Waals surface area contributed by atoms with Crippen LogP contribution in [0.15, 0.2) is 10.5 Å². The van der Waals surface area contributed by atoms with E-state index in [0.717, 1.165) is 0 Å². The van der Waals surface area contributed by atoms with Gasteiger partial charge in [0, 0.05) is 4.47 Å². The number of carbonyl (C=O) groups excluding carboxylic acids is 1. The van der Waals surface area contributed by atoms with E-state index < -0.39 is 18.1 Å². The Morgan fingerprint density at radius 3 is 2.65 bits per heavy atom. The first-order valence-corrected chi connectivity index (χ1v) is 5.37. The zero-order valence-electron chi connectivity index (χ0n) is 9.17. The van der Waals surface area contributed by atoms with Gasteiger partial charge in [-0.2, -0.15) is 0 Å². The van der Waals surface area contributed by atoms with Crippen LogP contribution in [0.5, 0.6) is 5.75 Å². The van der Waals surface area contributed by atoms with Gasteiger partial charge in [0.2, 0.25) is 0 Å². The minimum atomic E-state index is -2.77. The molecule has 0 saturated carbocycles. The largest absolute Gasteiger partial charge is 0.495 e. The van der Waals surface area contributed by atoms with Crippen LogP contribution in [0.1, 0.15) is 17.8 Å². The smallest absolute Gasteiger partial charge is 0.311 e. The van der Waals surface area contributed by atoms with Crippen LogP contribution in [-0.4, -0.2) is 25.2 Å². The summed E-state index contributed by atoms with van der Waals surface area (Å²) in [6.07, 6.45) is -2.95. The number of ether oxygens (including phenoxy) is 2. The highest BCUT2D eigenvalue weighted by Gasteiger charge is 2.20. The SMILES string of the molecule is COC(=O)Cc1nc(C(F)F)c(OC)cc1Br. The maximum atomic E-state index is 12.7. The summed E-state index contributed by atoms with van der Waals surface area (Å²) in [6, 6.07) is 1.35. The molecule has 0 unspecified atom stereocenters. The zero-order valence-corrected chi connectivity index (χ0v) is 10.8. The predicted molar refractivity (Wildman–Crippen MR) is 59.2 cm³/mol. The van der Waals surface area contributed by atoms with E-state index in [9.17, 15) is 13.6 Å². The van der Waals surface area contributed by atoms with Crippen LogP contribution in [0, 0.1) is 0 Å². The molecule has 0 aliphatic rings. The highest BCUT2D eigenvalue weighted by atomic mass is 79.9. The number of pyridine rings is 1. The maximum absolute atomic E-state index is 12.7.